The number of hydrogen-bond acceptors (Lipinski definition) is 5. The summed E-state index contributed by atoms with van der Waals surface area (Å²) < 4.78 is 1.90. The van der Waals surface area contributed by atoms with Gasteiger partial charge in [0.05, 0.1) is 17.1 Å². The largest absolute Gasteiger partial charge is 0.348 e. The van der Waals surface area contributed by atoms with Crippen molar-refractivity contribution in [2.45, 2.75) is 19.4 Å². The number of ketones is 1. The van der Waals surface area contributed by atoms with Crippen molar-refractivity contribution in [3.8, 4) is 5.82 Å². The fourth-order valence-electron chi connectivity index (χ4n) is 3.82. The lowest BCUT2D eigenvalue weighted by Gasteiger charge is -2.14. The third-order valence-corrected chi connectivity index (χ3v) is 5.61. The van der Waals surface area contributed by atoms with Gasteiger partial charge in [0.1, 0.15) is 12.1 Å². The van der Waals surface area contributed by atoms with E-state index in [2.05, 4.69) is 39.3 Å². The van der Waals surface area contributed by atoms with E-state index in [4.69, 9.17) is 0 Å². The van der Waals surface area contributed by atoms with Crippen LogP contribution in [0.25, 0.3) is 16.9 Å². The van der Waals surface area contributed by atoms with E-state index in [1.807, 2.05) is 77.4 Å². The molecule has 0 aliphatic rings. The summed E-state index contributed by atoms with van der Waals surface area (Å²) in [5.74, 6) is 1.32. The lowest BCUT2D eigenvalue weighted by atomic mass is 10.0. The molecule has 162 valence electrons. The maximum Gasteiger partial charge on any atom is 0.225 e. The number of Topliss-reactive ketones (excluding diaryl/α,β-unsaturated/α-hetero) is 1. The normalized spacial score (nSPS) is 11.9. The highest BCUT2D eigenvalue weighted by atomic mass is 16.1. The van der Waals surface area contributed by atoms with Crippen LogP contribution in [0.3, 0.4) is 0 Å². The smallest absolute Gasteiger partial charge is 0.225 e. The predicted octanol–water partition coefficient (Wildman–Crippen LogP) is 5.41. The molecule has 0 saturated carbocycles. The molecular weight excluding hydrogens is 410 g/mol. The summed E-state index contributed by atoms with van der Waals surface area (Å²) in [4.78, 5) is 26.3. The predicted molar refractivity (Wildman–Crippen MR) is 130 cm³/mol. The van der Waals surface area contributed by atoms with Gasteiger partial charge in [-0.1, -0.05) is 60.7 Å². The summed E-state index contributed by atoms with van der Waals surface area (Å²) in [5, 5.41) is 3.36. The van der Waals surface area contributed by atoms with Gasteiger partial charge in [0.2, 0.25) is 5.95 Å². The Morgan fingerprint density at radius 1 is 0.939 bits per heavy atom. The first-order valence-electron chi connectivity index (χ1n) is 10.9. The van der Waals surface area contributed by atoms with Gasteiger partial charge in [-0.2, -0.15) is 4.98 Å². The molecule has 5 aromatic rings. The highest BCUT2D eigenvalue weighted by Gasteiger charge is 2.13. The van der Waals surface area contributed by atoms with E-state index in [0.29, 0.717) is 23.8 Å². The van der Waals surface area contributed by atoms with Gasteiger partial charge >= 0.3 is 0 Å². The summed E-state index contributed by atoms with van der Waals surface area (Å²) in [5.41, 5.74) is 4.44. The summed E-state index contributed by atoms with van der Waals surface area (Å²) in [6.07, 6.45) is 3.82. The zero-order valence-corrected chi connectivity index (χ0v) is 18.2. The molecule has 6 heteroatoms. The van der Waals surface area contributed by atoms with Crippen molar-refractivity contribution in [2.24, 2.45) is 0 Å². The standard InChI is InChI=1S/C27H23N5O/c1-19(21-10-6-3-7-11-21)30-27-28-15-14-26(31-27)32-18-29-23-17-22(12-13-24(23)32)25(33)16-20-8-4-2-5-9-20/h2-15,17-19H,16H2,1H3,(H,28,30,31). The highest BCUT2D eigenvalue weighted by Crippen LogP contribution is 2.21. The molecule has 6 nitrogen and oxygen atoms in total. The van der Waals surface area contributed by atoms with Crippen LogP contribution in [0.4, 0.5) is 5.95 Å². The van der Waals surface area contributed by atoms with Gasteiger partial charge in [-0.05, 0) is 42.3 Å². The van der Waals surface area contributed by atoms with Crippen LogP contribution in [0.2, 0.25) is 0 Å². The number of aromatic nitrogens is 4. The number of nitrogens with one attached hydrogen (secondary N) is 1. The van der Waals surface area contributed by atoms with E-state index in [1.54, 1.807) is 12.5 Å². The second kappa shape index (κ2) is 9.04. The fourth-order valence-corrected chi connectivity index (χ4v) is 3.82. The quantitative estimate of drug-likeness (QED) is 0.347. The van der Waals surface area contributed by atoms with Crippen molar-refractivity contribution in [3.63, 3.8) is 0 Å². The molecule has 0 bridgehead atoms. The molecule has 0 aliphatic carbocycles. The number of anilines is 1. The number of rotatable bonds is 7. The summed E-state index contributed by atoms with van der Waals surface area (Å²) in [7, 11) is 0. The molecule has 0 amide bonds. The number of fused-ring (bicyclic) bond motifs is 1. The summed E-state index contributed by atoms with van der Waals surface area (Å²) in [6.45, 7) is 2.08. The van der Waals surface area contributed by atoms with Gasteiger partial charge in [0.25, 0.3) is 0 Å². The van der Waals surface area contributed by atoms with Gasteiger partial charge in [-0.15, -0.1) is 0 Å². The van der Waals surface area contributed by atoms with Crippen LogP contribution in [0.1, 0.15) is 34.5 Å². The van der Waals surface area contributed by atoms with Crippen LogP contribution in [-0.2, 0) is 6.42 Å². The second-order valence-corrected chi connectivity index (χ2v) is 7.92. The first-order valence-corrected chi connectivity index (χ1v) is 10.9. The Hall–Kier alpha value is -4.32. The Labute approximate surface area is 192 Å². The molecule has 1 atom stereocenters. The molecule has 0 radical (unpaired) electrons. The van der Waals surface area contributed by atoms with Crippen molar-refractivity contribution >= 4 is 22.8 Å². The Morgan fingerprint density at radius 2 is 1.70 bits per heavy atom. The van der Waals surface area contributed by atoms with Crippen LogP contribution in [0, 0.1) is 0 Å². The summed E-state index contributed by atoms with van der Waals surface area (Å²) in [6, 6.07) is 27.5. The Morgan fingerprint density at radius 3 is 2.48 bits per heavy atom. The van der Waals surface area contributed by atoms with Gasteiger partial charge in [0, 0.05) is 18.2 Å². The molecule has 5 rings (SSSR count). The number of carbonyl (C=O) groups excluding carboxylic acids is 1. The molecule has 1 unspecified atom stereocenters. The fraction of sp³-hybridized carbons (Fsp3) is 0.111. The van der Waals surface area contributed by atoms with E-state index in [-0.39, 0.29) is 11.8 Å². The van der Waals surface area contributed by atoms with Crippen LogP contribution in [0.15, 0.2) is 97.5 Å². The molecule has 0 saturated heterocycles. The third kappa shape index (κ3) is 4.50. The molecule has 2 heterocycles. The lowest BCUT2D eigenvalue weighted by molar-refractivity contribution is 0.0993. The van der Waals surface area contributed by atoms with Gasteiger partial charge in [0.15, 0.2) is 5.78 Å². The van der Waals surface area contributed by atoms with Crippen LogP contribution < -0.4 is 5.32 Å². The van der Waals surface area contributed by atoms with Crippen molar-refractivity contribution in [1.82, 2.24) is 19.5 Å². The van der Waals surface area contributed by atoms with Gasteiger partial charge in [-0.25, -0.2) is 9.97 Å². The minimum absolute atomic E-state index is 0.0687. The minimum atomic E-state index is 0.0687. The maximum absolute atomic E-state index is 12.7. The highest BCUT2D eigenvalue weighted by molar-refractivity contribution is 6.00. The first kappa shape index (κ1) is 20.6. The molecular formula is C27H23N5O. The van der Waals surface area contributed by atoms with E-state index in [1.165, 1.54) is 0 Å². The van der Waals surface area contributed by atoms with E-state index in [0.717, 1.165) is 22.2 Å². The Bertz CT molecular complexity index is 1400. The number of imidazole rings is 1. The SMILES string of the molecule is CC(Nc1nccc(-n2cnc3cc(C(=O)Cc4ccccc4)ccc32)n1)c1ccccc1. The molecule has 3 aromatic carbocycles. The van der Waals surface area contributed by atoms with Crippen molar-refractivity contribution in [2.75, 3.05) is 5.32 Å². The van der Waals surface area contributed by atoms with Crippen molar-refractivity contribution in [1.29, 1.82) is 0 Å². The summed E-state index contributed by atoms with van der Waals surface area (Å²) >= 11 is 0. The lowest BCUT2D eigenvalue weighted by Crippen LogP contribution is -2.10. The molecule has 1 N–H and O–H groups in total. The van der Waals surface area contributed by atoms with Crippen molar-refractivity contribution < 1.29 is 4.79 Å². The van der Waals surface area contributed by atoms with Gasteiger partial charge < -0.3 is 5.32 Å². The van der Waals surface area contributed by atoms with Crippen molar-refractivity contribution in [3.05, 3.63) is 114 Å². The molecule has 0 spiro atoms. The minimum Gasteiger partial charge on any atom is -0.348 e. The topological polar surface area (TPSA) is 72.7 Å². The molecule has 0 fully saturated rings. The van der Waals surface area contributed by atoms with Gasteiger partial charge in [-0.3, -0.25) is 9.36 Å². The average Bonchev–Trinajstić information content (AvgIpc) is 3.29. The monoisotopic (exact) mass is 433 g/mol. The van der Waals surface area contributed by atoms with E-state index in [9.17, 15) is 4.79 Å². The molecule has 0 aliphatic heterocycles. The number of benzene rings is 3. The Kier molecular flexibility index (Phi) is 5.64. The van der Waals surface area contributed by atoms with Crippen LogP contribution in [0.5, 0.6) is 0 Å². The number of nitrogens with zero attached hydrogens (tertiary/aromatic N) is 4. The zero-order valence-electron chi connectivity index (χ0n) is 18.2. The molecule has 33 heavy (non-hydrogen) atoms. The van der Waals surface area contributed by atoms with Crippen LogP contribution in [-0.4, -0.2) is 25.3 Å². The number of carbonyl (C=O) groups is 1. The zero-order chi connectivity index (χ0) is 22.6. The third-order valence-electron chi connectivity index (χ3n) is 5.61. The average molecular weight is 434 g/mol. The van der Waals surface area contributed by atoms with Crippen LogP contribution >= 0.6 is 0 Å². The Balaban J connectivity index is 1.38. The maximum atomic E-state index is 12.7. The first-order chi connectivity index (χ1) is 16.2. The molecule has 2 aromatic heterocycles. The second-order valence-electron chi connectivity index (χ2n) is 7.92. The van der Waals surface area contributed by atoms with E-state index < -0.39 is 0 Å². The number of hydrogen-bond donors (Lipinski definition) is 1. The van der Waals surface area contributed by atoms with E-state index >= 15 is 0 Å².